The summed E-state index contributed by atoms with van der Waals surface area (Å²) in [7, 11) is 0. The third-order valence-electron chi connectivity index (χ3n) is 1.74. The zero-order chi connectivity index (χ0) is 9.57. The molecule has 0 saturated carbocycles. The molecule has 68 valence electrons. The number of ketones is 1. The summed E-state index contributed by atoms with van der Waals surface area (Å²) in [6.45, 7) is 3.86. The highest BCUT2D eigenvalue weighted by molar-refractivity contribution is 6.64. The van der Waals surface area contributed by atoms with Crippen molar-refractivity contribution < 1.29 is 4.79 Å². The quantitative estimate of drug-likeness (QED) is 0.581. The average molecular weight is 228 g/mol. The predicted molar refractivity (Wildman–Crippen MR) is 51.8 cm³/mol. The summed E-state index contributed by atoms with van der Waals surface area (Å²) in [5.74, 6) is -0.396. The van der Waals surface area contributed by atoms with Crippen LogP contribution < -0.4 is 0 Å². The zero-order valence-corrected chi connectivity index (χ0v) is 9.09. The molecule has 1 rings (SSSR count). The van der Waals surface area contributed by atoms with Crippen LogP contribution in [-0.4, -0.2) is 10.1 Å². The van der Waals surface area contributed by atoms with Gasteiger partial charge in [-0.2, -0.15) is 0 Å². The maximum atomic E-state index is 11.3. The van der Waals surface area contributed by atoms with Gasteiger partial charge in [-0.3, -0.25) is 4.79 Å². The minimum absolute atomic E-state index is 0.135. The van der Waals surface area contributed by atoms with Crippen LogP contribution in [0, 0.1) is 5.41 Å². The van der Waals surface area contributed by atoms with Crippen molar-refractivity contribution in [3.63, 3.8) is 0 Å². The van der Waals surface area contributed by atoms with Gasteiger partial charge in [-0.25, -0.2) is 0 Å². The summed E-state index contributed by atoms with van der Waals surface area (Å²) in [6, 6.07) is 0. The normalized spacial score (nSPS) is 26.8. The topological polar surface area (TPSA) is 17.1 Å². The van der Waals surface area contributed by atoms with Crippen molar-refractivity contribution in [2.45, 2.75) is 24.6 Å². The van der Waals surface area contributed by atoms with Crippen molar-refractivity contribution in [2.75, 3.05) is 0 Å². The Bertz CT molecular complexity index is 253. The van der Waals surface area contributed by atoms with Crippen LogP contribution in [0.25, 0.3) is 0 Å². The molecule has 0 unspecified atom stereocenters. The number of rotatable bonds is 0. The molecule has 0 radical (unpaired) electrons. The van der Waals surface area contributed by atoms with E-state index in [1.807, 2.05) is 13.8 Å². The third kappa shape index (κ3) is 1.95. The molecule has 0 aliphatic heterocycles. The standard InChI is InChI=1S/C8H9Cl3O/c1-7(2)3-5(9)6(12)8(10,11)4-7/h3H,4H2,1-2H3. The van der Waals surface area contributed by atoms with E-state index < -0.39 is 10.1 Å². The lowest BCUT2D eigenvalue weighted by Crippen LogP contribution is -2.36. The smallest absolute Gasteiger partial charge is 0.209 e. The Hall–Kier alpha value is 0.280. The number of hydrogen-bond donors (Lipinski definition) is 0. The molecule has 1 aliphatic carbocycles. The highest BCUT2D eigenvalue weighted by Crippen LogP contribution is 2.44. The average Bonchev–Trinajstić information content (AvgIpc) is 1.79. The molecule has 0 heterocycles. The van der Waals surface area contributed by atoms with Crippen molar-refractivity contribution in [2.24, 2.45) is 5.41 Å². The van der Waals surface area contributed by atoms with Gasteiger partial charge in [0.15, 0.2) is 4.33 Å². The molecule has 0 amide bonds. The number of halogens is 3. The van der Waals surface area contributed by atoms with Gasteiger partial charge in [0.25, 0.3) is 0 Å². The third-order valence-corrected chi connectivity index (χ3v) is 2.64. The van der Waals surface area contributed by atoms with E-state index in [0.717, 1.165) is 0 Å². The van der Waals surface area contributed by atoms with E-state index in [2.05, 4.69) is 0 Å². The molecule has 0 fully saturated rings. The molecule has 0 bridgehead atoms. The van der Waals surface area contributed by atoms with Crippen LogP contribution in [-0.2, 0) is 4.79 Å². The van der Waals surface area contributed by atoms with E-state index in [1.54, 1.807) is 6.08 Å². The Kier molecular flexibility index (Phi) is 2.50. The lowest BCUT2D eigenvalue weighted by Gasteiger charge is -2.32. The highest BCUT2D eigenvalue weighted by Gasteiger charge is 2.44. The van der Waals surface area contributed by atoms with Crippen LogP contribution in [0.2, 0.25) is 0 Å². The Morgan fingerprint density at radius 2 is 1.92 bits per heavy atom. The molecule has 4 heteroatoms. The molecular formula is C8H9Cl3O. The van der Waals surface area contributed by atoms with Crippen LogP contribution in [0.15, 0.2) is 11.1 Å². The van der Waals surface area contributed by atoms with Crippen molar-refractivity contribution in [3.05, 3.63) is 11.1 Å². The van der Waals surface area contributed by atoms with E-state index in [4.69, 9.17) is 34.8 Å². The van der Waals surface area contributed by atoms with Crippen LogP contribution in [0.1, 0.15) is 20.3 Å². The first kappa shape index (κ1) is 10.4. The van der Waals surface area contributed by atoms with Crippen LogP contribution in [0.3, 0.4) is 0 Å². The number of allylic oxidation sites excluding steroid dienone is 2. The summed E-state index contributed by atoms with van der Waals surface area (Å²) >= 11 is 17.3. The fourth-order valence-corrected chi connectivity index (χ4v) is 2.73. The van der Waals surface area contributed by atoms with Crippen LogP contribution >= 0.6 is 34.8 Å². The maximum absolute atomic E-state index is 11.3. The number of carbonyl (C=O) groups excluding carboxylic acids is 1. The number of hydrogen-bond acceptors (Lipinski definition) is 1. The van der Waals surface area contributed by atoms with Gasteiger partial charge in [0, 0.05) is 0 Å². The van der Waals surface area contributed by atoms with Crippen molar-refractivity contribution >= 4 is 40.6 Å². The molecule has 0 spiro atoms. The number of Topliss-reactive ketones (excluding diaryl/α,β-unsaturated/α-hetero) is 1. The summed E-state index contributed by atoms with van der Waals surface area (Å²) in [5, 5.41) is 0.135. The van der Waals surface area contributed by atoms with Crippen molar-refractivity contribution in [1.82, 2.24) is 0 Å². The number of alkyl halides is 2. The summed E-state index contributed by atoms with van der Waals surface area (Å²) in [6.07, 6.45) is 2.10. The SMILES string of the molecule is CC1(C)C=C(Cl)C(=O)C(Cl)(Cl)C1. The predicted octanol–water partition coefficient (Wildman–Crippen LogP) is 3.28. The van der Waals surface area contributed by atoms with Gasteiger partial charge in [-0.15, -0.1) is 0 Å². The van der Waals surface area contributed by atoms with E-state index in [0.29, 0.717) is 6.42 Å². The van der Waals surface area contributed by atoms with Gasteiger partial charge < -0.3 is 0 Å². The van der Waals surface area contributed by atoms with Gasteiger partial charge in [0.2, 0.25) is 5.78 Å². The van der Waals surface area contributed by atoms with Crippen molar-refractivity contribution in [1.29, 1.82) is 0 Å². The van der Waals surface area contributed by atoms with Crippen LogP contribution in [0.5, 0.6) is 0 Å². The molecule has 0 saturated heterocycles. The monoisotopic (exact) mass is 226 g/mol. The second-order valence-electron chi connectivity index (χ2n) is 3.69. The molecule has 0 N–H and O–H groups in total. The highest BCUT2D eigenvalue weighted by atomic mass is 35.5. The van der Waals surface area contributed by atoms with E-state index in [-0.39, 0.29) is 10.4 Å². The summed E-state index contributed by atoms with van der Waals surface area (Å²) < 4.78 is -1.35. The largest absolute Gasteiger partial charge is 0.290 e. The van der Waals surface area contributed by atoms with Gasteiger partial charge in [0.05, 0.1) is 5.03 Å². The van der Waals surface area contributed by atoms with Gasteiger partial charge in [0.1, 0.15) is 0 Å². The fraction of sp³-hybridized carbons (Fsp3) is 0.625. The Balaban J connectivity index is 3.09. The van der Waals surface area contributed by atoms with E-state index >= 15 is 0 Å². The minimum atomic E-state index is -1.35. The Morgan fingerprint density at radius 1 is 1.42 bits per heavy atom. The molecule has 1 nitrogen and oxygen atoms in total. The zero-order valence-electron chi connectivity index (χ0n) is 6.83. The Labute approximate surface area is 86.7 Å². The first-order valence-corrected chi connectivity index (χ1v) is 4.69. The second-order valence-corrected chi connectivity index (χ2v) is 5.58. The molecule has 0 aromatic rings. The molecule has 12 heavy (non-hydrogen) atoms. The van der Waals surface area contributed by atoms with Gasteiger partial charge in [-0.1, -0.05) is 54.7 Å². The minimum Gasteiger partial charge on any atom is -0.290 e. The van der Waals surface area contributed by atoms with Gasteiger partial charge in [-0.05, 0) is 11.8 Å². The molecule has 0 atom stereocenters. The lowest BCUT2D eigenvalue weighted by molar-refractivity contribution is -0.116. The fourth-order valence-electron chi connectivity index (χ4n) is 1.29. The molecule has 1 aliphatic rings. The van der Waals surface area contributed by atoms with E-state index in [9.17, 15) is 4.79 Å². The molecule has 0 aromatic carbocycles. The maximum Gasteiger partial charge on any atom is 0.209 e. The van der Waals surface area contributed by atoms with Gasteiger partial charge >= 0.3 is 0 Å². The second kappa shape index (κ2) is 2.90. The summed E-state index contributed by atoms with van der Waals surface area (Å²) in [4.78, 5) is 11.3. The lowest BCUT2D eigenvalue weighted by atomic mass is 9.82. The first-order valence-electron chi connectivity index (χ1n) is 3.56. The van der Waals surface area contributed by atoms with Crippen molar-refractivity contribution in [3.8, 4) is 0 Å². The molecular weight excluding hydrogens is 218 g/mol. The summed E-state index contributed by atoms with van der Waals surface area (Å²) in [5.41, 5.74) is -0.214. The first-order chi connectivity index (χ1) is 5.25. The molecule has 0 aromatic heterocycles. The Morgan fingerprint density at radius 3 is 2.33 bits per heavy atom. The van der Waals surface area contributed by atoms with E-state index in [1.165, 1.54) is 0 Å². The number of carbonyl (C=O) groups is 1. The van der Waals surface area contributed by atoms with Crippen LogP contribution in [0.4, 0.5) is 0 Å².